The van der Waals surface area contributed by atoms with Crippen LogP contribution in [0.1, 0.15) is 11.4 Å². The molecule has 34 heavy (non-hydrogen) atoms. The first kappa shape index (κ1) is 19.3. The van der Waals surface area contributed by atoms with Gasteiger partial charge in [0.25, 0.3) is 12.5 Å². The summed E-state index contributed by atoms with van der Waals surface area (Å²) in [6.07, 6.45) is 0. The fourth-order valence-corrected chi connectivity index (χ4v) is 5.53. The van der Waals surface area contributed by atoms with Crippen LogP contribution in [0, 0.1) is 13.8 Å². The first-order valence-corrected chi connectivity index (χ1v) is 11.4. The van der Waals surface area contributed by atoms with Gasteiger partial charge in [0, 0.05) is 24.0 Å². The molecule has 0 saturated carbocycles. The molecule has 3 heterocycles. The van der Waals surface area contributed by atoms with Gasteiger partial charge in [0.2, 0.25) is 5.52 Å². The van der Waals surface area contributed by atoms with E-state index < -0.39 is 0 Å². The third-order valence-corrected chi connectivity index (χ3v) is 7.03. The smallest absolute Gasteiger partial charge is 0.260 e. The molecule has 1 N–H and O–H groups in total. The van der Waals surface area contributed by atoms with Crippen molar-refractivity contribution in [3.05, 3.63) is 84.2 Å². The number of benzene rings is 4. The van der Waals surface area contributed by atoms with Crippen LogP contribution in [0.25, 0.3) is 16.7 Å². The minimum atomic E-state index is 0.0411. The molecule has 0 fully saturated rings. The number of fused-ring (bicyclic) bond motifs is 6. The number of para-hydroxylation sites is 2. The molecule has 5 nitrogen and oxygen atoms in total. The van der Waals surface area contributed by atoms with Gasteiger partial charge >= 0.3 is 0 Å². The molecule has 164 valence electrons. The lowest BCUT2D eigenvalue weighted by Gasteiger charge is -2.32. The van der Waals surface area contributed by atoms with Crippen LogP contribution in [0.5, 0.6) is 28.7 Å². The number of nitrogens with one attached hydrogen (secondary N) is 1. The number of nitrogens with zero attached hydrogens (tertiary/aromatic N) is 1. The molecule has 0 bridgehead atoms. The second-order valence-electron chi connectivity index (χ2n) is 8.88. The number of aryl methyl sites for hydroxylation is 1. The van der Waals surface area contributed by atoms with E-state index in [1.807, 2.05) is 30.3 Å². The zero-order valence-electron chi connectivity index (χ0n) is 19.2. The second kappa shape index (κ2) is 6.91. The van der Waals surface area contributed by atoms with E-state index in [4.69, 9.17) is 14.2 Å². The molecule has 4 aromatic carbocycles. The number of hydrogen-bond acceptors (Lipinski definition) is 3. The van der Waals surface area contributed by atoms with E-state index in [1.54, 1.807) is 7.11 Å². The Bertz CT molecular complexity index is 1630. The molecule has 0 atom stereocenters. The Morgan fingerprint density at radius 3 is 2.26 bits per heavy atom. The molecule has 0 amide bonds. The Balaban J connectivity index is 1.59. The Morgan fingerprint density at radius 1 is 0.824 bits per heavy atom. The number of ether oxygens (including phenoxy) is 3. The van der Waals surface area contributed by atoms with E-state index in [0.29, 0.717) is 0 Å². The number of imidazole rings is 1. The number of H-pyrrole nitrogens is 1. The van der Waals surface area contributed by atoms with Crippen LogP contribution in [0.3, 0.4) is 0 Å². The lowest BCUT2D eigenvalue weighted by atomic mass is 9.35. The van der Waals surface area contributed by atoms with Crippen molar-refractivity contribution in [1.29, 1.82) is 0 Å². The van der Waals surface area contributed by atoms with E-state index in [-0.39, 0.29) is 6.71 Å². The van der Waals surface area contributed by atoms with Crippen LogP contribution in [0.4, 0.5) is 0 Å². The predicted molar refractivity (Wildman–Crippen MR) is 134 cm³/mol. The minimum absolute atomic E-state index is 0.0411. The average Bonchev–Trinajstić information content (AvgIpc) is 3.19. The van der Waals surface area contributed by atoms with Gasteiger partial charge < -0.3 is 14.2 Å². The summed E-state index contributed by atoms with van der Waals surface area (Å²) in [6.45, 7) is 4.20. The van der Waals surface area contributed by atoms with Crippen molar-refractivity contribution in [2.75, 3.05) is 7.11 Å². The Kier molecular flexibility index (Phi) is 3.92. The largest absolute Gasteiger partial charge is 0.496 e. The van der Waals surface area contributed by atoms with Gasteiger partial charge in [0.1, 0.15) is 28.7 Å². The van der Waals surface area contributed by atoms with Gasteiger partial charge in [-0.2, -0.15) is 4.57 Å². The summed E-state index contributed by atoms with van der Waals surface area (Å²) in [4.78, 5) is 3.56. The van der Waals surface area contributed by atoms with Gasteiger partial charge in [-0.15, -0.1) is 0 Å². The van der Waals surface area contributed by atoms with Crippen LogP contribution in [0.15, 0.2) is 72.8 Å². The summed E-state index contributed by atoms with van der Waals surface area (Å²) in [5.41, 5.74) is 7.46. The summed E-state index contributed by atoms with van der Waals surface area (Å²) in [7, 11) is 1.71. The summed E-state index contributed by atoms with van der Waals surface area (Å²) >= 11 is 0. The monoisotopic (exact) mass is 445 g/mol. The van der Waals surface area contributed by atoms with Crippen LogP contribution < -0.4 is 35.2 Å². The maximum Gasteiger partial charge on any atom is 0.260 e. The van der Waals surface area contributed by atoms with Crippen molar-refractivity contribution in [2.24, 2.45) is 0 Å². The van der Waals surface area contributed by atoms with Gasteiger partial charge in [0.15, 0.2) is 11.3 Å². The van der Waals surface area contributed by atoms with Crippen molar-refractivity contribution >= 4 is 34.1 Å². The molecule has 0 radical (unpaired) electrons. The van der Waals surface area contributed by atoms with Crippen molar-refractivity contribution in [2.45, 2.75) is 13.8 Å². The summed E-state index contributed by atoms with van der Waals surface area (Å²) < 4.78 is 21.0. The van der Waals surface area contributed by atoms with Crippen LogP contribution in [-0.2, 0) is 0 Å². The molecular weight excluding hydrogens is 423 g/mol. The normalized spacial score (nSPS) is 13.0. The van der Waals surface area contributed by atoms with Gasteiger partial charge in [-0.25, -0.2) is 4.98 Å². The van der Waals surface area contributed by atoms with Crippen molar-refractivity contribution < 1.29 is 18.8 Å². The molecule has 0 spiro atoms. The fraction of sp³-hybridized carbons (Fsp3) is 0.107. The van der Waals surface area contributed by atoms with E-state index in [0.717, 1.165) is 73.2 Å². The summed E-state index contributed by atoms with van der Waals surface area (Å²) in [6, 6.07) is 24.8. The number of rotatable bonds is 2. The third kappa shape index (κ3) is 2.48. The fourth-order valence-electron chi connectivity index (χ4n) is 5.53. The molecule has 2 aliphatic heterocycles. The van der Waals surface area contributed by atoms with E-state index >= 15 is 0 Å². The predicted octanol–water partition coefficient (Wildman–Crippen LogP) is 3.80. The molecule has 0 aliphatic carbocycles. The zero-order chi connectivity index (χ0) is 23.0. The Hall–Kier alpha value is -4.19. The van der Waals surface area contributed by atoms with E-state index in [2.05, 4.69) is 65.9 Å². The maximum absolute atomic E-state index is 6.67. The van der Waals surface area contributed by atoms with Crippen molar-refractivity contribution in [3.8, 4) is 34.4 Å². The Labute approximate surface area is 197 Å². The molecule has 2 aliphatic rings. The summed E-state index contributed by atoms with van der Waals surface area (Å²) in [5.74, 6) is 5.28. The number of methoxy groups -OCH3 is 1. The molecule has 1 aromatic heterocycles. The number of aromatic nitrogens is 2. The minimum Gasteiger partial charge on any atom is -0.496 e. The molecular formula is C28H22BN2O3+. The second-order valence-corrected chi connectivity index (χ2v) is 8.88. The Morgan fingerprint density at radius 2 is 1.53 bits per heavy atom. The highest BCUT2D eigenvalue weighted by atomic mass is 16.5. The molecule has 0 unspecified atom stereocenters. The van der Waals surface area contributed by atoms with Crippen molar-refractivity contribution in [3.63, 3.8) is 0 Å². The zero-order valence-corrected chi connectivity index (χ0v) is 19.2. The van der Waals surface area contributed by atoms with Crippen LogP contribution >= 0.6 is 0 Å². The van der Waals surface area contributed by atoms with E-state index in [9.17, 15) is 0 Å². The van der Waals surface area contributed by atoms with Gasteiger partial charge in [0.05, 0.1) is 7.11 Å². The quantitative estimate of drug-likeness (QED) is 0.326. The highest BCUT2D eigenvalue weighted by Gasteiger charge is 2.43. The SMILES string of the molecule is COc1cccc(-[n+]2c(C)[nH]c3cc4c5c(c32)Oc2ccccc2B5c2ccccc2O4)c1C. The van der Waals surface area contributed by atoms with Crippen LogP contribution in [0.2, 0.25) is 0 Å². The van der Waals surface area contributed by atoms with Crippen LogP contribution in [-0.4, -0.2) is 18.8 Å². The number of hydrogen-bond donors (Lipinski definition) is 1. The first-order valence-electron chi connectivity index (χ1n) is 11.4. The summed E-state index contributed by atoms with van der Waals surface area (Å²) in [5, 5.41) is 0. The van der Waals surface area contributed by atoms with Crippen molar-refractivity contribution in [1.82, 2.24) is 4.98 Å². The number of aromatic amines is 1. The highest BCUT2D eigenvalue weighted by Crippen LogP contribution is 2.39. The average molecular weight is 445 g/mol. The van der Waals surface area contributed by atoms with Gasteiger partial charge in [-0.3, -0.25) is 0 Å². The lowest BCUT2D eigenvalue weighted by molar-refractivity contribution is -0.575. The first-order chi connectivity index (χ1) is 16.7. The highest BCUT2D eigenvalue weighted by molar-refractivity contribution is 6.98. The molecule has 0 saturated heterocycles. The molecule has 7 rings (SSSR count). The molecule has 5 aromatic rings. The third-order valence-electron chi connectivity index (χ3n) is 7.03. The van der Waals surface area contributed by atoms with Gasteiger partial charge in [-0.05, 0) is 42.1 Å². The topological polar surface area (TPSA) is 47.4 Å². The lowest BCUT2D eigenvalue weighted by Crippen LogP contribution is -2.57. The maximum atomic E-state index is 6.67. The van der Waals surface area contributed by atoms with E-state index in [1.165, 1.54) is 0 Å². The standard InChI is InChI=1S/C28H21BN2O3/c1-16-21(11-8-14-22(16)32-3)31-17(2)30-20-15-25-26-28(27(20)31)34-24-13-7-5-10-19(24)29(26)18-9-4-6-12-23(18)33-25/h4-15H,1-3H3/p+1. The van der Waals surface area contributed by atoms with Gasteiger partial charge in [-0.1, -0.05) is 42.5 Å². The molecule has 6 heteroatoms.